The minimum atomic E-state index is 0.0268. The summed E-state index contributed by atoms with van der Waals surface area (Å²) in [5, 5.41) is 3.26. The highest BCUT2D eigenvalue weighted by atomic mass is 32.1. The summed E-state index contributed by atoms with van der Waals surface area (Å²) in [5.41, 5.74) is 7.95. The molecule has 0 aliphatic carbocycles. The molecule has 0 radical (unpaired) electrons. The topological polar surface area (TPSA) is 48.1 Å². The minimum Gasteiger partial charge on any atom is -0.487 e. The van der Waals surface area contributed by atoms with Gasteiger partial charge in [-0.05, 0) is 37.5 Å². The molecule has 1 unspecified atom stereocenters. The highest BCUT2D eigenvalue weighted by Crippen LogP contribution is 2.19. The Labute approximate surface area is 118 Å². The number of hydrogen-bond donors (Lipinski definition) is 1. The number of nitrogens with zero attached hydrogens (tertiary/aromatic N) is 1. The molecular weight excluding hydrogens is 256 g/mol. The van der Waals surface area contributed by atoms with E-state index in [9.17, 15) is 0 Å². The quantitative estimate of drug-likeness (QED) is 0.875. The third-order valence-electron chi connectivity index (χ3n) is 2.83. The van der Waals surface area contributed by atoms with E-state index >= 15 is 0 Å². The van der Waals surface area contributed by atoms with Gasteiger partial charge in [0, 0.05) is 11.4 Å². The van der Waals surface area contributed by atoms with Crippen molar-refractivity contribution in [1.29, 1.82) is 0 Å². The Kier molecular flexibility index (Phi) is 4.93. The fraction of sp³-hybridized carbons (Fsp3) is 0.400. The first-order chi connectivity index (χ1) is 9.19. The van der Waals surface area contributed by atoms with Gasteiger partial charge >= 0.3 is 0 Å². The van der Waals surface area contributed by atoms with Crippen molar-refractivity contribution in [2.75, 3.05) is 0 Å². The van der Waals surface area contributed by atoms with Gasteiger partial charge in [-0.1, -0.05) is 19.1 Å². The first kappa shape index (κ1) is 14.0. The van der Waals surface area contributed by atoms with Gasteiger partial charge in [0.2, 0.25) is 0 Å². The standard InChI is InChI=1S/C15H20N2OS/c1-3-5-15-17-13(10-19-15)9-18-14-7-4-6-12(8-14)11(2)16/h4,6-8,10-11H,3,5,9,16H2,1-2H3. The van der Waals surface area contributed by atoms with Gasteiger partial charge in [0.1, 0.15) is 12.4 Å². The van der Waals surface area contributed by atoms with E-state index in [0.717, 1.165) is 29.8 Å². The summed E-state index contributed by atoms with van der Waals surface area (Å²) < 4.78 is 5.76. The fourth-order valence-electron chi connectivity index (χ4n) is 1.79. The zero-order valence-corrected chi connectivity index (χ0v) is 12.2. The Morgan fingerprint density at radius 2 is 2.26 bits per heavy atom. The van der Waals surface area contributed by atoms with Crippen LogP contribution >= 0.6 is 11.3 Å². The summed E-state index contributed by atoms with van der Waals surface area (Å²) in [5.74, 6) is 0.847. The van der Waals surface area contributed by atoms with Gasteiger partial charge in [0.05, 0.1) is 10.7 Å². The molecule has 2 rings (SSSR count). The number of ether oxygens (including phenoxy) is 1. The number of aromatic nitrogens is 1. The molecule has 1 atom stereocenters. The van der Waals surface area contributed by atoms with E-state index in [1.807, 2.05) is 31.2 Å². The highest BCUT2D eigenvalue weighted by Gasteiger charge is 2.04. The summed E-state index contributed by atoms with van der Waals surface area (Å²) in [6, 6.07) is 7.95. The van der Waals surface area contributed by atoms with Crippen molar-refractivity contribution in [3.05, 3.63) is 45.9 Å². The molecule has 0 saturated heterocycles. The van der Waals surface area contributed by atoms with Crippen LogP contribution in [0.25, 0.3) is 0 Å². The summed E-state index contributed by atoms with van der Waals surface area (Å²) in [6.07, 6.45) is 2.18. The Bertz CT molecular complexity index is 522. The van der Waals surface area contributed by atoms with Crippen molar-refractivity contribution in [2.45, 2.75) is 39.3 Å². The van der Waals surface area contributed by atoms with Crippen LogP contribution in [0.5, 0.6) is 5.75 Å². The van der Waals surface area contributed by atoms with Crippen LogP contribution < -0.4 is 10.5 Å². The molecule has 1 aromatic carbocycles. The summed E-state index contributed by atoms with van der Waals surface area (Å²) >= 11 is 1.71. The zero-order valence-electron chi connectivity index (χ0n) is 11.4. The van der Waals surface area contributed by atoms with Gasteiger partial charge < -0.3 is 10.5 Å². The van der Waals surface area contributed by atoms with E-state index in [2.05, 4.69) is 17.3 Å². The van der Waals surface area contributed by atoms with E-state index < -0.39 is 0 Å². The molecule has 2 aromatic rings. The molecule has 102 valence electrons. The monoisotopic (exact) mass is 276 g/mol. The van der Waals surface area contributed by atoms with Crippen LogP contribution in [0.15, 0.2) is 29.6 Å². The number of benzene rings is 1. The van der Waals surface area contributed by atoms with Gasteiger partial charge in [-0.25, -0.2) is 4.98 Å². The van der Waals surface area contributed by atoms with E-state index in [4.69, 9.17) is 10.5 Å². The molecule has 19 heavy (non-hydrogen) atoms. The second-order valence-corrected chi connectivity index (χ2v) is 5.58. The highest BCUT2D eigenvalue weighted by molar-refractivity contribution is 7.09. The minimum absolute atomic E-state index is 0.0268. The molecule has 0 aliphatic heterocycles. The maximum atomic E-state index is 5.86. The van der Waals surface area contributed by atoms with Crippen LogP contribution in [0, 0.1) is 0 Å². The van der Waals surface area contributed by atoms with Crippen molar-refractivity contribution >= 4 is 11.3 Å². The number of nitrogens with two attached hydrogens (primary N) is 1. The lowest BCUT2D eigenvalue weighted by molar-refractivity contribution is 0.301. The molecule has 0 amide bonds. The molecule has 0 bridgehead atoms. The largest absolute Gasteiger partial charge is 0.487 e. The van der Waals surface area contributed by atoms with Crippen molar-refractivity contribution in [2.24, 2.45) is 5.73 Å². The summed E-state index contributed by atoms with van der Waals surface area (Å²) in [6.45, 7) is 4.65. The third kappa shape index (κ3) is 4.04. The summed E-state index contributed by atoms with van der Waals surface area (Å²) in [4.78, 5) is 4.54. The molecule has 0 saturated carbocycles. The first-order valence-corrected chi connectivity index (χ1v) is 7.48. The Morgan fingerprint density at radius 1 is 1.42 bits per heavy atom. The molecule has 0 fully saturated rings. The predicted molar refractivity (Wildman–Crippen MR) is 79.5 cm³/mol. The maximum Gasteiger partial charge on any atom is 0.131 e. The van der Waals surface area contributed by atoms with E-state index in [1.54, 1.807) is 11.3 Å². The van der Waals surface area contributed by atoms with Gasteiger partial charge in [-0.3, -0.25) is 0 Å². The Hall–Kier alpha value is -1.39. The first-order valence-electron chi connectivity index (χ1n) is 6.60. The molecule has 0 spiro atoms. The Balaban J connectivity index is 1.95. The fourth-order valence-corrected chi connectivity index (χ4v) is 2.67. The second-order valence-electron chi connectivity index (χ2n) is 4.63. The van der Waals surface area contributed by atoms with Crippen LogP contribution in [0.3, 0.4) is 0 Å². The molecule has 1 aromatic heterocycles. The van der Waals surface area contributed by atoms with Crippen LogP contribution in [0.2, 0.25) is 0 Å². The van der Waals surface area contributed by atoms with Gasteiger partial charge in [-0.2, -0.15) is 0 Å². The van der Waals surface area contributed by atoms with Gasteiger partial charge in [0.15, 0.2) is 0 Å². The molecule has 3 nitrogen and oxygen atoms in total. The van der Waals surface area contributed by atoms with E-state index in [0.29, 0.717) is 6.61 Å². The normalized spacial score (nSPS) is 12.4. The molecule has 0 aliphatic rings. The Morgan fingerprint density at radius 3 is 3.00 bits per heavy atom. The lowest BCUT2D eigenvalue weighted by atomic mass is 10.1. The number of rotatable bonds is 6. The van der Waals surface area contributed by atoms with Crippen molar-refractivity contribution in [3.63, 3.8) is 0 Å². The SMILES string of the molecule is CCCc1nc(COc2cccc(C(C)N)c2)cs1. The van der Waals surface area contributed by atoms with Crippen LogP contribution in [-0.2, 0) is 13.0 Å². The lowest BCUT2D eigenvalue weighted by Crippen LogP contribution is -2.05. The smallest absolute Gasteiger partial charge is 0.131 e. The van der Waals surface area contributed by atoms with Crippen LogP contribution in [0.4, 0.5) is 0 Å². The molecular formula is C15H20N2OS. The molecule has 4 heteroatoms. The number of hydrogen-bond acceptors (Lipinski definition) is 4. The number of aryl methyl sites for hydroxylation is 1. The third-order valence-corrected chi connectivity index (χ3v) is 3.79. The predicted octanol–water partition coefficient (Wildman–Crippen LogP) is 3.69. The lowest BCUT2D eigenvalue weighted by Gasteiger charge is -2.09. The van der Waals surface area contributed by atoms with E-state index in [1.165, 1.54) is 5.01 Å². The van der Waals surface area contributed by atoms with E-state index in [-0.39, 0.29) is 6.04 Å². The maximum absolute atomic E-state index is 5.86. The second kappa shape index (κ2) is 6.68. The molecule has 2 N–H and O–H groups in total. The average molecular weight is 276 g/mol. The number of thiazole rings is 1. The van der Waals surface area contributed by atoms with Crippen LogP contribution in [0.1, 0.15) is 42.6 Å². The average Bonchev–Trinajstić information content (AvgIpc) is 2.85. The van der Waals surface area contributed by atoms with Gasteiger partial charge in [0.25, 0.3) is 0 Å². The zero-order chi connectivity index (χ0) is 13.7. The van der Waals surface area contributed by atoms with Crippen LogP contribution in [-0.4, -0.2) is 4.98 Å². The molecule has 1 heterocycles. The van der Waals surface area contributed by atoms with Crippen molar-refractivity contribution < 1.29 is 4.74 Å². The van der Waals surface area contributed by atoms with Crippen molar-refractivity contribution in [3.8, 4) is 5.75 Å². The van der Waals surface area contributed by atoms with Crippen molar-refractivity contribution in [1.82, 2.24) is 4.98 Å². The summed E-state index contributed by atoms with van der Waals surface area (Å²) in [7, 11) is 0. The van der Waals surface area contributed by atoms with Gasteiger partial charge in [-0.15, -0.1) is 11.3 Å².